The molecule has 0 aromatic heterocycles. The molecule has 0 bridgehead atoms. The highest BCUT2D eigenvalue weighted by molar-refractivity contribution is 9.10. The second-order valence-corrected chi connectivity index (χ2v) is 4.74. The molecule has 1 aromatic carbocycles. The predicted molar refractivity (Wildman–Crippen MR) is 72.6 cm³/mol. The number of anilines is 1. The Balaban J connectivity index is 2.82. The van der Waals surface area contributed by atoms with E-state index in [0.717, 1.165) is 6.42 Å². The maximum atomic E-state index is 11.7. The summed E-state index contributed by atoms with van der Waals surface area (Å²) in [6.45, 7) is 1.94. The highest BCUT2D eigenvalue weighted by atomic mass is 79.9. The molecule has 4 N–H and O–H groups in total. The molecular weight excluding hydrogens is 300 g/mol. The van der Waals surface area contributed by atoms with Gasteiger partial charge in [0.2, 0.25) is 5.91 Å². The van der Waals surface area contributed by atoms with Crippen LogP contribution in [0.25, 0.3) is 0 Å². The number of halogens is 1. The number of carbonyl (C=O) groups excluding carboxylic acids is 1. The van der Waals surface area contributed by atoms with E-state index in [9.17, 15) is 9.59 Å². The normalized spacial score (nSPS) is 11.9. The largest absolute Gasteiger partial charge is 0.478 e. The van der Waals surface area contributed by atoms with Crippen molar-refractivity contribution in [2.45, 2.75) is 25.8 Å². The van der Waals surface area contributed by atoms with Crippen LogP contribution in [0.15, 0.2) is 22.7 Å². The minimum atomic E-state index is -1.06. The molecule has 0 aliphatic rings. The molecule has 1 unspecified atom stereocenters. The molecule has 6 heteroatoms. The van der Waals surface area contributed by atoms with Crippen LogP contribution in [0.3, 0.4) is 0 Å². The van der Waals surface area contributed by atoms with Gasteiger partial charge in [-0.25, -0.2) is 4.79 Å². The number of benzene rings is 1. The van der Waals surface area contributed by atoms with Crippen LogP contribution in [0, 0.1) is 0 Å². The van der Waals surface area contributed by atoms with Gasteiger partial charge in [-0.2, -0.15) is 0 Å². The number of hydrogen-bond acceptors (Lipinski definition) is 3. The van der Waals surface area contributed by atoms with Crippen molar-refractivity contribution in [3.05, 3.63) is 28.2 Å². The smallest absolute Gasteiger partial charge is 0.336 e. The van der Waals surface area contributed by atoms with Gasteiger partial charge in [-0.15, -0.1) is 0 Å². The number of hydrogen-bond donors (Lipinski definition) is 3. The van der Waals surface area contributed by atoms with E-state index in [1.165, 1.54) is 6.07 Å². The molecule has 0 fully saturated rings. The molecule has 1 amide bonds. The molecule has 0 aliphatic carbocycles. The first kappa shape index (κ1) is 14.7. The van der Waals surface area contributed by atoms with Crippen molar-refractivity contribution in [2.24, 2.45) is 5.73 Å². The lowest BCUT2D eigenvalue weighted by Gasteiger charge is -2.12. The van der Waals surface area contributed by atoms with Crippen LogP contribution >= 0.6 is 15.9 Å². The minimum Gasteiger partial charge on any atom is -0.478 e. The van der Waals surface area contributed by atoms with E-state index in [4.69, 9.17) is 10.8 Å². The average molecular weight is 315 g/mol. The zero-order chi connectivity index (χ0) is 13.7. The lowest BCUT2D eigenvalue weighted by atomic mass is 10.1. The summed E-state index contributed by atoms with van der Waals surface area (Å²) in [5, 5.41) is 11.6. The van der Waals surface area contributed by atoms with E-state index < -0.39 is 12.0 Å². The molecule has 1 atom stereocenters. The predicted octanol–water partition coefficient (Wildman–Crippen LogP) is 2.21. The van der Waals surface area contributed by atoms with E-state index in [2.05, 4.69) is 21.2 Å². The molecule has 1 aromatic rings. The Morgan fingerprint density at radius 3 is 2.72 bits per heavy atom. The molecular formula is C12H15BrN2O3. The number of aromatic carboxylic acids is 1. The average Bonchev–Trinajstić information content (AvgIpc) is 2.31. The second-order valence-electron chi connectivity index (χ2n) is 3.88. The van der Waals surface area contributed by atoms with E-state index >= 15 is 0 Å². The Bertz CT molecular complexity index is 463. The molecule has 0 spiro atoms. The van der Waals surface area contributed by atoms with E-state index in [0.29, 0.717) is 16.6 Å². The Kier molecular flexibility index (Phi) is 5.30. The fraction of sp³-hybridized carbons (Fsp3) is 0.333. The molecule has 0 saturated heterocycles. The van der Waals surface area contributed by atoms with Crippen molar-refractivity contribution >= 4 is 33.5 Å². The fourth-order valence-corrected chi connectivity index (χ4v) is 1.86. The highest BCUT2D eigenvalue weighted by Gasteiger charge is 2.14. The summed E-state index contributed by atoms with van der Waals surface area (Å²) >= 11 is 3.13. The minimum absolute atomic E-state index is 0.0943. The van der Waals surface area contributed by atoms with E-state index in [1.807, 2.05) is 6.92 Å². The van der Waals surface area contributed by atoms with Gasteiger partial charge in [-0.05, 0) is 40.5 Å². The number of rotatable bonds is 5. The molecule has 0 radical (unpaired) electrons. The molecule has 18 heavy (non-hydrogen) atoms. The molecule has 0 saturated carbocycles. The highest BCUT2D eigenvalue weighted by Crippen LogP contribution is 2.21. The lowest BCUT2D eigenvalue weighted by molar-refractivity contribution is -0.117. The van der Waals surface area contributed by atoms with Crippen molar-refractivity contribution in [3.8, 4) is 0 Å². The number of carboxylic acid groups (broad SMARTS) is 1. The van der Waals surface area contributed by atoms with Gasteiger partial charge in [0.25, 0.3) is 0 Å². The third-order valence-electron chi connectivity index (χ3n) is 2.40. The van der Waals surface area contributed by atoms with Crippen LogP contribution in [0.5, 0.6) is 0 Å². The summed E-state index contributed by atoms with van der Waals surface area (Å²) in [5.74, 6) is -1.37. The second kappa shape index (κ2) is 6.51. The van der Waals surface area contributed by atoms with Crippen molar-refractivity contribution in [2.75, 3.05) is 5.32 Å². The molecule has 5 nitrogen and oxygen atoms in total. The zero-order valence-corrected chi connectivity index (χ0v) is 11.5. The van der Waals surface area contributed by atoms with Crippen LogP contribution in [0.2, 0.25) is 0 Å². The van der Waals surface area contributed by atoms with Crippen LogP contribution in [-0.4, -0.2) is 23.0 Å². The third kappa shape index (κ3) is 3.82. The van der Waals surface area contributed by atoms with Crippen LogP contribution in [0.1, 0.15) is 30.1 Å². The SMILES string of the molecule is CCCC(N)C(=O)Nc1ccc(Br)c(C(=O)O)c1. The summed E-state index contributed by atoms with van der Waals surface area (Å²) in [6, 6.07) is 4.01. The monoisotopic (exact) mass is 314 g/mol. The van der Waals surface area contributed by atoms with Crippen molar-refractivity contribution < 1.29 is 14.7 Å². The van der Waals surface area contributed by atoms with Crippen LogP contribution in [-0.2, 0) is 4.79 Å². The Morgan fingerprint density at radius 2 is 2.17 bits per heavy atom. The molecule has 1 rings (SSSR count). The topological polar surface area (TPSA) is 92.4 Å². The quantitative estimate of drug-likeness (QED) is 0.777. The first-order valence-electron chi connectivity index (χ1n) is 5.55. The summed E-state index contributed by atoms with van der Waals surface area (Å²) in [4.78, 5) is 22.6. The van der Waals surface area contributed by atoms with Crippen molar-refractivity contribution in [3.63, 3.8) is 0 Å². The Labute approximate surface area is 113 Å². The summed E-state index contributed by atoms with van der Waals surface area (Å²) in [6.07, 6.45) is 1.41. The van der Waals surface area contributed by atoms with Crippen LogP contribution in [0.4, 0.5) is 5.69 Å². The van der Waals surface area contributed by atoms with Gasteiger partial charge in [0, 0.05) is 10.2 Å². The van der Waals surface area contributed by atoms with Gasteiger partial charge in [0.1, 0.15) is 0 Å². The van der Waals surface area contributed by atoms with E-state index in [-0.39, 0.29) is 11.5 Å². The Hall–Kier alpha value is -1.40. The Morgan fingerprint density at radius 1 is 1.50 bits per heavy atom. The standard InChI is InChI=1S/C12H15BrN2O3/c1-2-3-10(14)11(16)15-7-4-5-9(13)8(6-7)12(17)18/h4-6,10H,2-3,14H2,1H3,(H,15,16)(H,17,18). The summed E-state index contributed by atoms with van der Waals surface area (Å²) in [7, 11) is 0. The maximum absolute atomic E-state index is 11.7. The number of carboxylic acids is 1. The van der Waals surface area contributed by atoms with Crippen LogP contribution < -0.4 is 11.1 Å². The lowest BCUT2D eigenvalue weighted by Crippen LogP contribution is -2.35. The fourth-order valence-electron chi connectivity index (χ4n) is 1.44. The maximum Gasteiger partial charge on any atom is 0.336 e. The molecule has 98 valence electrons. The first-order chi connectivity index (χ1) is 8.45. The van der Waals surface area contributed by atoms with Gasteiger partial charge < -0.3 is 16.2 Å². The number of carbonyl (C=O) groups is 2. The number of amides is 1. The van der Waals surface area contributed by atoms with Gasteiger partial charge in [-0.3, -0.25) is 4.79 Å². The summed E-state index contributed by atoms with van der Waals surface area (Å²) in [5.41, 5.74) is 6.18. The van der Waals surface area contributed by atoms with Gasteiger partial charge >= 0.3 is 5.97 Å². The summed E-state index contributed by atoms with van der Waals surface area (Å²) < 4.78 is 0.464. The molecule has 0 heterocycles. The van der Waals surface area contributed by atoms with Gasteiger partial charge in [-0.1, -0.05) is 13.3 Å². The zero-order valence-electron chi connectivity index (χ0n) is 9.94. The van der Waals surface area contributed by atoms with Crippen molar-refractivity contribution in [1.29, 1.82) is 0 Å². The van der Waals surface area contributed by atoms with E-state index in [1.54, 1.807) is 12.1 Å². The first-order valence-corrected chi connectivity index (χ1v) is 6.34. The van der Waals surface area contributed by atoms with Gasteiger partial charge in [0.05, 0.1) is 11.6 Å². The van der Waals surface area contributed by atoms with Gasteiger partial charge in [0.15, 0.2) is 0 Å². The number of nitrogens with two attached hydrogens (primary N) is 1. The third-order valence-corrected chi connectivity index (χ3v) is 3.09. The van der Waals surface area contributed by atoms with Crippen molar-refractivity contribution in [1.82, 2.24) is 0 Å². The number of nitrogens with one attached hydrogen (secondary N) is 1. The molecule has 0 aliphatic heterocycles.